The first kappa shape index (κ1) is 16.8. The predicted molar refractivity (Wildman–Crippen MR) is 99.8 cm³/mol. The molecule has 0 fully saturated rings. The van der Waals surface area contributed by atoms with Crippen LogP contribution in [0.1, 0.15) is 11.1 Å². The largest absolute Gasteiger partial charge is 0.207 e. The minimum absolute atomic E-state index is 0.327. The lowest BCUT2D eigenvalue weighted by atomic mass is 10.1. The Morgan fingerprint density at radius 3 is 1.67 bits per heavy atom. The smallest absolute Gasteiger partial charge is 0.130 e. The molecule has 0 aromatic heterocycles. The van der Waals surface area contributed by atoms with E-state index in [0.29, 0.717) is 17.3 Å². The quantitative estimate of drug-likeness (QED) is 0.581. The molecule has 0 saturated heterocycles. The molecule has 0 saturated carbocycles. The maximum absolute atomic E-state index is 14.4. The summed E-state index contributed by atoms with van der Waals surface area (Å²) in [5.74, 6) is -0.675. The van der Waals surface area contributed by atoms with E-state index in [-0.39, 0.29) is 11.6 Å². The van der Waals surface area contributed by atoms with Gasteiger partial charge < -0.3 is 0 Å². The molecule has 0 aliphatic rings. The summed E-state index contributed by atoms with van der Waals surface area (Å²) in [4.78, 5) is 0. The minimum atomic E-state index is -1.88. The molecule has 0 amide bonds. The lowest BCUT2D eigenvalue weighted by molar-refractivity contribution is 0.583. The van der Waals surface area contributed by atoms with Gasteiger partial charge in [-0.1, -0.05) is 36.4 Å². The first-order valence-electron chi connectivity index (χ1n) is 7.92. The molecule has 24 heavy (non-hydrogen) atoms. The van der Waals surface area contributed by atoms with Gasteiger partial charge in [-0.05, 0) is 48.9 Å². The molecule has 0 aliphatic heterocycles. The molecule has 0 spiro atoms. The molecule has 0 atom stereocenters. The molecule has 0 radical (unpaired) electrons. The molecule has 3 heteroatoms. The molecular formula is C21H20F2P+. The van der Waals surface area contributed by atoms with E-state index in [1.54, 1.807) is 6.92 Å². The van der Waals surface area contributed by atoms with Crippen LogP contribution in [0, 0.1) is 18.6 Å². The average molecular weight is 341 g/mol. The van der Waals surface area contributed by atoms with Crippen LogP contribution in [0.3, 0.4) is 0 Å². The highest BCUT2D eigenvalue weighted by atomic mass is 31.2. The maximum atomic E-state index is 14.4. The topological polar surface area (TPSA) is 0 Å². The van der Waals surface area contributed by atoms with Crippen LogP contribution in [-0.2, 0) is 6.16 Å². The van der Waals surface area contributed by atoms with Gasteiger partial charge in [-0.25, -0.2) is 8.78 Å². The molecular weight excluding hydrogens is 321 g/mol. The fraction of sp³-hybridized carbons (Fsp3) is 0.143. The Labute approximate surface area is 142 Å². The molecule has 0 unspecified atom stereocenters. The molecule has 122 valence electrons. The Balaban J connectivity index is 2.16. The molecule has 0 aliphatic carbocycles. The normalized spacial score (nSPS) is 11.5. The van der Waals surface area contributed by atoms with E-state index < -0.39 is 7.26 Å². The average Bonchev–Trinajstić information content (AvgIpc) is 2.63. The maximum Gasteiger partial charge on any atom is 0.130 e. The van der Waals surface area contributed by atoms with E-state index >= 15 is 0 Å². The summed E-state index contributed by atoms with van der Waals surface area (Å²) in [6, 6.07) is 22.8. The van der Waals surface area contributed by atoms with Crippen molar-refractivity contribution in [3.8, 4) is 0 Å². The van der Waals surface area contributed by atoms with Gasteiger partial charge in [0.2, 0.25) is 0 Å². The minimum Gasteiger partial charge on any atom is -0.207 e. The van der Waals surface area contributed by atoms with Crippen molar-refractivity contribution in [2.24, 2.45) is 0 Å². The van der Waals surface area contributed by atoms with Crippen LogP contribution in [0.25, 0.3) is 0 Å². The van der Waals surface area contributed by atoms with Crippen LogP contribution in [-0.4, -0.2) is 6.66 Å². The van der Waals surface area contributed by atoms with Gasteiger partial charge in [0.25, 0.3) is 0 Å². The van der Waals surface area contributed by atoms with Gasteiger partial charge in [-0.2, -0.15) is 0 Å². The zero-order chi connectivity index (χ0) is 17.2. The Kier molecular flexibility index (Phi) is 4.78. The zero-order valence-corrected chi connectivity index (χ0v) is 14.7. The number of hydrogen-bond donors (Lipinski definition) is 0. The van der Waals surface area contributed by atoms with Crippen molar-refractivity contribution in [1.82, 2.24) is 0 Å². The van der Waals surface area contributed by atoms with Gasteiger partial charge in [0.05, 0.1) is 30.7 Å². The van der Waals surface area contributed by atoms with Gasteiger partial charge in [-0.15, -0.1) is 0 Å². The fourth-order valence-electron chi connectivity index (χ4n) is 3.05. The molecule has 3 rings (SSSR count). The highest BCUT2D eigenvalue weighted by molar-refractivity contribution is 7.88. The zero-order valence-electron chi connectivity index (χ0n) is 13.8. The summed E-state index contributed by atoms with van der Waals surface area (Å²) in [6.45, 7) is 3.86. The highest BCUT2D eigenvalue weighted by Gasteiger charge is 2.39. The summed E-state index contributed by atoms with van der Waals surface area (Å²) >= 11 is 0. The van der Waals surface area contributed by atoms with Crippen LogP contribution in [0.4, 0.5) is 8.78 Å². The van der Waals surface area contributed by atoms with Gasteiger partial charge in [0.15, 0.2) is 0 Å². The van der Waals surface area contributed by atoms with Crippen molar-refractivity contribution in [1.29, 1.82) is 0 Å². The highest BCUT2D eigenvalue weighted by Crippen LogP contribution is 2.56. The van der Waals surface area contributed by atoms with Crippen molar-refractivity contribution in [3.05, 3.63) is 95.6 Å². The van der Waals surface area contributed by atoms with Gasteiger partial charge in [-0.3, -0.25) is 0 Å². The van der Waals surface area contributed by atoms with E-state index in [4.69, 9.17) is 0 Å². The van der Waals surface area contributed by atoms with E-state index in [2.05, 4.69) is 30.9 Å². The Bertz CT molecular complexity index is 790. The number of hydrogen-bond acceptors (Lipinski definition) is 0. The molecule has 0 nitrogen and oxygen atoms in total. The third kappa shape index (κ3) is 3.12. The second kappa shape index (κ2) is 6.83. The van der Waals surface area contributed by atoms with Gasteiger partial charge in [0.1, 0.15) is 11.6 Å². The lowest BCUT2D eigenvalue weighted by Crippen LogP contribution is -2.23. The van der Waals surface area contributed by atoms with Crippen molar-refractivity contribution in [3.63, 3.8) is 0 Å². The SMILES string of the molecule is Cc1c(F)ccc(F)c1C[P+](C)(c1ccccc1)c1ccccc1. The lowest BCUT2D eigenvalue weighted by Gasteiger charge is -2.24. The Morgan fingerprint density at radius 2 is 1.17 bits per heavy atom. The van der Waals surface area contributed by atoms with Crippen molar-refractivity contribution in [2.45, 2.75) is 13.1 Å². The predicted octanol–water partition coefficient (Wildman–Crippen LogP) is 5.07. The summed E-state index contributed by atoms with van der Waals surface area (Å²) in [6.07, 6.45) is 0.510. The van der Waals surface area contributed by atoms with Crippen LogP contribution < -0.4 is 10.6 Å². The van der Waals surface area contributed by atoms with E-state index in [9.17, 15) is 8.78 Å². The molecule has 0 N–H and O–H groups in total. The first-order chi connectivity index (χ1) is 11.5. The van der Waals surface area contributed by atoms with Crippen LogP contribution >= 0.6 is 7.26 Å². The third-order valence-electron chi connectivity index (χ3n) is 4.60. The van der Waals surface area contributed by atoms with Crippen LogP contribution in [0.5, 0.6) is 0 Å². The Hall–Kier alpha value is -2.05. The number of rotatable bonds is 4. The molecule has 0 bridgehead atoms. The second-order valence-electron chi connectivity index (χ2n) is 6.15. The van der Waals surface area contributed by atoms with Gasteiger partial charge >= 0.3 is 0 Å². The van der Waals surface area contributed by atoms with Crippen LogP contribution in [0.2, 0.25) is 0 Å². The Morgan fingerprint density at radius 1 is 0.708 bits per heavy atom. The van der Waals surface area contributed by atoms with Crippen molar-refractivity contribution >= 4 is 17.9 Å². The van der Waals surface area contributed by atoms with Gasteiger partial charge in [0, 0.05) is 5.56 Å². The fourth-order valence-corrected chi connectivity index (χ4v) is 6.40. The standard InChI is InChI=1S/C21H20F2P/c1-16-19(21(23)14-13-20(16)22)15-24(2,17-9-5-3-6-10-17)18-11-7-4-8-12-18/h3-14H,15H2,1-2H3/q+1. The number of benzene rings is 3. The summed E-state index contributed by atoms with van der Waals surface area (Å²) in [7, 11) is -1.88. The summed E-state index contributed by atoms with van der Waals surface area (Å²) in [5, 5.41) is 2.39. The molecule has 3 aromatic carbocycles. The number of halogens is 2. The van der Waals surface area contributed by atoms with Crippen LogP contribution in [0.15, 0.2) is 72.8 Å². The summed E-state index contributed by atoms with van der Waals surface area (Å²) in [5.41, 5.74) is 0.895. The van der Waals surface area contributed by atoms with E-state index in [0.717, 1.165) is 0 Å². The summed E-state index contributed by atoms with van der Waals surface area (Å²) < 4.78 is 28.4. The van der Waals surface area contributed by atoms with Crippen molar-refractivity contribution < 1.29 is 8.78 Å². The molecule has 3 aromatic rings. The van der Waals surface area contributed by atoms with Crippen molar-refractivity contribution in [2.75, 3.05) is 6.66 Å². The molecule has 0 heterocycles. The van der Waals surface area contributed by atoms with E-state index in [1.807, 2.05) is 36.4 Å². The second-order valence-corrected chi connectivity index (χ2v) is 9.89. The first-order valence-corrected chi connectivity index (χ1v) is 10.3. The third-order valence-corrected chi connectivity index (χ3v) is 8.43. The monoisotopic (exact) mass is 341 g/mol. The van der Waals surface area contributed by atoms with E-state index in [1.165, 1.54) is 22.7 Å².